The molecule has 0 amide bonds. The summed E-state index contributed by atoms with van der Waals surface area (Å²) in [7, 11) is 0. The van der Waals surface area contributed by atoms with E-state index in [-0.39, 0.29) is 5.78 Å². The van der Waals surface area contributed by atoms with E-state index < -0.39 is 0 Å². The quantitative estimate of drug-likeness (QED) is 0.383. The van der Waals surface area contributed by atoms with E-state index in [4.69, 9.17) is 22.6 Å². The summed E-state index contributed by atoms with van der Waals surface area (Å²) in [5.74, 6) is 0.964. The zero-order chi connectivity index (χ0) is 22.5. The van der Waals surface area contributed by atoms with E-state index in [1.54, 1.807) is 24.4 Å². The number of nitrogen functional groups attached to an aromatic ring is 1. The molecule has 2 aromatic heterocycles. The van der Waals surface area contributed by atoms with Gasteiger partial charge in [0.2, 0.25) is 0 Å². The molecule has 0 unspecified atom stereocenters. The third kappa shape index (κ3) is 4.85. The molecular weight excluding hydrogens is 422 g/mol. The number of nitrogens with zero attached hydrogens (tertiary/aromatic N) is 3. The molecule has 0 saturated heterocycles. The van der Waals surface area contributed by atoms with Crippen molar-refractivity contribution in [2.75, 3.05) is 11.1 Å². The summed E-state index contributed by atoms with van der Waals surface area (Å²) < 4.78 is 0. The maximum Gasteiger partial charge on any atom is 0.164 e. The van der Waals surface area contributed by atoms with Crippen LogP contribution in [0, 0.1) is 11.3 Å². The number of anilines is 2. The molecule has 158 valence electrons. The van der Waals surface area contributed by atoms with E-state index in [1.165, 1.54) is 6.20 Å². The van der Waals surface area contributed by atoms with Gasteiger partial charge < -0.3 is 11.1 Å². The van der Waals surface area contributed by atoms with Crippen molar-refractivity contribution in [2.24, 2.45) is 0 Å². The Morgan fingerprint density at radius 2 is 1.97 bits per heavy atom. The zero-order valence-corrected chi connectivity index (χ0v) is 17.9. The second kappa shape index (κ2) is 9.46. The largest absolute Gasteiger partial charge is 0.383 e. The van der Waals surface area contributed by atoms with Gasteiger partial charge in [-0.2, -0.15) is 5.26 Å². The lowest BCUT2D eigenvalue weighted by molar-refractivity contribution is 0.0982. The summed E-state index contributed by atoms with van der Waals surface area (Å²) in [6.07, 6.45) is 4.16. The summed E-state index contributed by atoms with van der Waals surface area (Å²) in [6, 6.07) is 18.9. The number of Topliss-reactive ketones (excluding diaryl/α,β-unsaturated/α-hetero) is 1. The number of carbonyl (C=O) groups excluding carboxylic acids is 1. The van der Waals surface area contributed by atoms with Gasteiger partial charge in [-0.05, 0) is 47.2 Å². The standard InChI is InChI=1S/C25H20ClN5O/c26-22-12-20(15-31-25(22)30-14-18-3-1-2-17(10-18)13-27)23(32)7-5-16-4-6-21-19(11-16)8-9-29-24(21)28/h1-4,6,8-12,15H,5,7,14H2,(H2,28,29)(H,30,31). The lowest BCUT2D eigenvalue weighted by Crippen LogP contribution is -2.06. The first-order chi connectivity index (χ1) is 15.5. The van der Waals surface area contributed by atoms with E-state index >= 15 is 0 Å². The first-order valence-corrected chi connectivity index (χ1v) is 10.5. The zero-order valence-electron chi connectivity index (χ0n) is 17.2. The Morgan fingerprint density at radius 3 is 2.78 bits per heavy atom. The number of nitrogens with one attached hydrogen (secondary N) is 1. The fourth-order valence-electron chi connectivity index (χ4n) is 3.47. The number of rotatable bonds is 7. The Hall–Kier alpha value is -3.95. The van der Waals surface area contributed by atoms with Crippen LogP contribution in [-0.2, 0) is 13.0 Å². The van der Waals surface area contributed by atoms with Gasteiger partial charge in [0.05, 0.1) is 16.7 Å². The van der Waals surface area contributed by atoms with Crippen LogP contribution in [0.2, 0.25) is 5.02 Å². The van der Waals surface area contributed by atoms with E-state index in [0.717, 1.165) is 21.9 Å². The molecule has 0 spiro atoms. The maximum absolute atomic E-state index is 12.7. The number of hydrogen-bond donors (Lipinski definition) is 2. The number of benzene rings is 2. The van der Waals surface area contributed by atoms with Gasteiger partial charge in [-0.3, -0.25) is 4.79 Å². The number of pyridine rings is 2. The van der Waals surface area contributed by atoms with Crippen LogP contribution in [0.1, 0.15) is 33.5 Å². The van der Waals surface area contributed by atoms with Crippen molar-refractivity contribution in [2.45, 2.75) is 19.4 Å². The van der Waals surface area contributed by atoms with Gasteiger partial charge in [0.15, 0.2) is 5.78 Å². The van der Waals surface area contributed by atoms with Gasteiger partial charge in [-0.25, -0.2) is 9.97 Å². The number of halogens is 1. The Balaban J connectivity index is 1.39. The molecule has 3 N–H and O–H groups in total. The normalized spacial score (nSPS) is 10.6. The number of aromatic nitrogens is 2. The summed E-state index contributed by atoms with van der Waals surface area (Å²) in [6.45, 7) is 0.470. The van der Waals surface area contributed by atoms with Gasteiger partial charge >= 0.3 is 0 Å². The fraction of sp³-hybridized carbons (Fsp3) is 0.120. The van der Waals surface area contributed by atoms with Gasteiger partial charge in [-0.15, -0.1) is 0 Å². The third-order valence-corrected chi connectivity index (χ3v) is 5.47. The van der Waals surface area contributed by atoms with Crippen molar-refractivity contribution in [1.29, 1.82) is 5.26 Å². The Kier molecular flexibility index (Phi) is 6.29. The fourth-order valence-corrected chi connectivity index (χ4v) is 3.70. The van der Waals surface area contributed by atoms with Gasteiger partial charge in [0.25, 0.3) is 0 Å². The number of ketones is 1. The summed E-state index contributed by atoms with van der Waals surface area (Å²) in [5.41, 5.74) is 8.95. The van der Waals surface area contributed by atoms with Crippen molar-refractivity contribution in [3.8, 4) is 6.07 Å². The molecule has 0 fully saturated rings. The predicted molar refractivity (Wildman–Crippen MR) is 127 cm³/mol. The summed E-state index contributed by atoms with van der Waals surface area (Å²) in [4.78, 5) is 21.1. The molecule has 0 radical (unpaired) electrons. The third-order valence-electron chi connectivity index (χ3n) is 5.18. The first kappa shape index (κ1) is 21.3. The molecule has 2 heterocycles. The average molecular weight is 442 g/mol. The van der Waals surface area contributed by atoms with Crippen LogP contribution in [0.15, 0.2) is 67.0 Å². The minimum Gasteiger partial charge on any atom is -0.383 e. The van der Waals surface area contributed by atoms with Gasteiger partial charge in [0, 0.05) is 36.3 Å². The Labute approximate surface area is 190 Å². The van der Waals surface area contributed by atoms with E-state index in [1.807, 2.05) is 36.4 Å². The van der Waals surface area contributed by atoms with Crippen molar-refractivity contribution < 1.29 is 4.79 Å². The van der Waals surface area contributed by atoms with E-state index in [0.29, 0.717) is 47.2 Å². The van der Waals surface area contributed by atoms with Crippen LogP contribution in [-0.4, -0.2) is 15.8 Å². The Morgan fingerprint density at radius 1 is 1.09 bits per heavy atom. The minimum absolute atomic E-state index is 0.0259. The summed E-state index contributed by atoms with van der Waals surface area (Å²) >= 11 is 6.35. The highest BCUT2D eigenvalue weighted by atomic mass is 35.5. The molecule has 4 aromatic rings. The molecule has 0 aliphatic carbocycles. The molecular formula is C25H20ClN5O. The molecule has 4 rings (SSSR count). The number of aryl methyl sites for hydroxylation is 1. The first-order valence-electron chi connectivity index (χ1n) is 10.1. The SMILES string of the molecule is N#Cc1cccc(CNc2ncc(C(=O)CCc3ccc4c(N)nccc4c3)cc2Cl)c1. The van der Waals surface area contributed by atoms with Crippen LogP contribution >= 0.6 is 11.6 Å². The number of nitrogens with two attached hydrogens (primary N) is 1. The predicted octanol–water partition coefficient (Wildman–Crippen LogP) is 5.16. The van der Waals surface area contributed by atoms with Crippen LogP contribution < -0.4 is 11.1 Å². The van der Waals surface area contributed by atoms with Crippen LogP contribution in [0.3, 0.4) is 0 Å². The van der Waals surface area contributed by atoms with Crippen LogP contribution in [0.25, 0.3) is 10.8 Å². The van der Waals surface area contributed by atoms with Crippen molar-refractivity contribution in [3.63, 3.8) is 0 Å². The molecule has 0 saturated carbocycles. The molecule has 32 heavy (non-hydrogen) atoms. The van der Waals surface area contributed by atoms with E-state index in [9.17, 15) is 4.79 Å². The molecule has 0 aliphatic rings. The minimum atomic E-state index is -0.0259. The molecule has 0 aliphatic heterocycles. The number of fused-ring (bicyclic) bond motifs is 1. The highest BCUT2D eigenvalue weighted by Gasteiger charge is 2.11. The molecule has 7 heteroatoms. The number of nitriles is 1. The van der Waals surface area contributed by atoms with Crippen molar-refractivity contribution >= 4 is 39.8 Å². The second-order valence-electron chi connectivity index (χ2n) is 7.40. The van der Waals surface area contributed by atoms with Gasteiger partial charge in [-0.1, -0.05) is 41.9 Å². The highest BCUT2D eigenvalue weighted by Crippen LogP contribution is 2.23. The second-order valence-corrected chi connectivity index (χ2v) is 7.80. The lowest BCUT2D eigenvalue weighted by atomic mass is 10.0. The van der Waals surface area contributed by atoms with E-state index in [2.05, 4.69) is 21.4 Å². The molecule has 2 aromatic carbocycles. The Bertz CT molecular complexity index is 1350. The lowest BCUT2D eigenvalue weighted by Gasteiger charge is -2.09. The van der Waals surface area contributed by atoms with Crippen molar-refractivity contribution in [1.82, 2.24) is 9.97 Å². The number of hydrogen-bond acceptors (Lipinski definition) is 6. The molecule has 0 atom stereocenters. The van der Waals surface area contributed by atoms with Crippen LogP contribution in [0.5, 0.6) is 0 Å². The monoisotopic (exact) mass is 441 g/mol. The summed E-state index contributed by atoms with van der Waals surface area (Å²) in [5, 5.41) is 14.4. The molecule has 0 bridgehead atoms. The maximum atomic E-state index is 12.7. The molecule has 6 nitrogen and oxygen atoms in total. The smallest absolute Gasteiger partial charge is 0.164 e. The average Bonchev–Trinajstić information content (AvgIpc) is 2.82. The highest BCUT2D eigenvalue weighted by molar-refractivity contribution is 6.33. The van der Waals surface area contributed by atoms with Crippen LogP contribution in [0.4, 0.5) is 11.6 Å². The number of carbonyl (C=O) groups is 1. The topological polar surface area (TPSA) is 105 Å². The van der Waals surface area contributed by atoms with Crippen molar-refractivity contribution in [3.05, 3.63) is 94.3 Å². The van der Waals surface area contributed by atoms with Gasteiger partial charge in [0.1, 0.15) is 11.6 Å².